The fourth-order valence-corrected chi connectivity index (χ4v) is 4.82. The molecular weight excluding hydrogens is 554 g/mol. The Kier molecular flexibility index (Phi) is 7.91. The van der Waals surface area contributed by atoms with Crippen molar-refractivity contribution in [1.82, 2.24) is 10.7 Å². The standard InChI is InChI=1S/C25H17BrClN3O4S/c26-17-5-3-4-16(12-17)24(32)28-14-21(31)30-29-13-15-8-10-18(11-9-15)34-25(33)23-22(27)19-6-1-2-7-20(19)35-23/h1-13H,14H2,(H,28,32)(H,30,31)/b29-13-. The molecule has 0 unspecified atom stereocenters. The van der Waals surface area contributed by atoms with Crippen molar-refractivity contribution in [3.05, 3.63) is 98.3 Å². The van der Waals surface area contributed by atoms with Gasteiger partial charge in [-0.2, -0.15) is 5.10 Å². The molecule has 0 spiro atoms. The highest BCUT2D eigenvalue weighted by molar-refractivity contribution is 9.10. The molecule has 7 nitrogen and oxygen atoms in total. The zero-order chi connectivity index (χ0) is 24.8. The van der Waals surface area contributed by atoms with Crippen LogP contribution in [0.2, 0.25) is 5.02 Å². The van der Waals surface area contributed by atoms with Gasteiger partial charge in [-0.3, -0.25) is 9.59 Å². The molecule has 1 aromatic heterocycles. The van der Waals surface area contributed by atoms with E-state index in [1.807, 2.05) is 24.3 Å². The van der Waals surface area contributed by atoms with E-state index < -0.39 is 11.9 Å². The number of nitrogens with one attached hydrogen (secondary N) is 2. The zero-order valence-electron chi connectivity index (χ0n) is 18.0. The van der Waals surface area contributed by atoms with Gasteiger partial charge in [0.25, 0.3) is 11.8 Å². The van der Waals surface area contributed by atoms with Gasteiger partial charge in [0.05, 0.1) is 17.8 Å². The first-order valence-corrected chi connectivity index (χ1v) is 12.2. The van der Waals surface area contributed by atoms with Crippen molar-refractivity contribution in [3.8, 4) is 5.75 Å². The summed E-state index contributed by atoms with van der Waals surface area (Å²) in [5.41, 5.74) is 3.45. The fraction of sp³-hybridized carbons (Fsp3) is 0.0400. The molecular formula is C25H17BrClN3O4S. The number of benzene rings is 3. The molecule has 0 aliphatic carbocycles. The van der Waals surface area contributed by atoms with Crippen molar-refractivity contribution in [1.29, 1.82) is 0 Å². The van der Waals surface area contributed by atoms with Gasteiger partial charge in [-0.05, 0) is 54.1 Å². The number of halogens is 2. The molecule has 4 aromatic rings. The molecule has 0 atom stereocenters. The molecule has 1 heterocycles. The minimum atomic E-state index is -0.533. The van der Waals surface area contributed by atoms with Gasteiger partial charge in [-0.25, -0.2) is 10.2 Å². The quantitative estimate of drug-likeness (QED) is 0.134. The summed E-state index contributed by atoms with van der Waals surface area (Å²) in [6.45, 7) is -0.224. The number of esters is 1. The van der Waals surface area contributed by atoms with Crippen molar-refractivity contribution in [2.24, 2.45) is 5.10 Å². The number of ether oxygens (including phenoxy) is 1. The van der Waals surface area contributed by atoms with Crippen LogP contribution in [0.15, 0.2) is 82.4 Å². The lowest BCUT2D eigenvalue weighted by atomic mass is 10.2. The number of hydrogen-bond donors (Lipinski definition) is 2. The van der Waals surface area contributed by atoms with Crippen LogP contribution in [-0.2, 0) is 4.79 Å². The smallest absolute Gasteiger partial charge is 0.355 e. The van der Waals surface area contributed by atoms with Gasteiger partial charge in [-0.15, -0.1) is 11.3 Å². The van der Waals surface area contributed by atoms with E-state index in [-0.39, 0.29) is 12.5 Å². The fourth-order valence-electron chi connectivity index (χ4n) is 3.03. The Bertz CT molecular complexity index is 1440. The number of hydrazone groups is 1. The van der Waals surface area contributed by atoms with Gasteiger partial charge >= 0.3 is 5.97 Å². The molecule has 35 heavy (non-hydrogen) atoms. The molecule has 0 bridgehead atoms. The average molecular weight is 571 g/mol. The third-order valence-electron chi connectivity index (χ3n) is 4.71. The summed E-state index contributed by atoms with van der Waals surface area (Å²) >= 11 is 10.9. The molecule has 4 rings (SSSR count). The van der Waals surface area contributed by atoms with Crippen LogP contribution >= 0.6 is 38.9 Å². The third kappa shape index (κ3) is 6.33. The number of amides is 2. The molecule has 0 fully saturated rings. The number of carbonyl (C=O) groups is 3. The van der Waals surface area contributed by atoms with E-state index in [0.29, 0.717) is 26.8 Å². The second kappa shape index (κ2) is 11.3. The van der Waals surface area contributed by atoms with Gasteiger partial charge in [0.1, 0.15) is 10.6 Å². The number of carbonyl (C=O) groups excluding carboxylic acids is 3. The lowest BCUT2D eigenvalue weighted by Crippen LogP contribution is -2.34. The maximum absolute atomic E-state index is 12.6. The van der Waals surface area contributed by atoms with E-state index >= 15 is 0 Å². The molecule has 0 saturated heterocycles. The van der Waals surface area contributed by atoms with Crippen molar-refractivity contribution >= 4 is 73.0 Å². The van der Waals surface area contributed by atoms with Gasteiger partial charge in [0, 0.05) is 20.1 Å². The summed E-state index contributed by atoms with van der Waals surface area (Å²) in [7, 11) is 0. The Labute approximate surface area is 217 Å². The van der Waals surface area contributed by atoms with Crippen LogP contribution in [0.1, 0.15) is 25.6 Å². The Balaban J connectivity index is 1.27. The summed E-state index contributed by atoms with van der Waals surface area (Å²) in [6, 6.07) is 20.9. The number of nitrogens with zero attached hydrogens (tertiary/aromatic N) is 1. The molecule has 0 aliphatic rings. The number of thiophene rings is 1. The van der Waals surface area contributed by atoms with Crippen molar-refractivity contribution < 1.29 is 19.1 Å². The summed E-state index contributed by atoms with van der Waals surface area (Å²) < 4.78 is 7.11. The molecule has 3 aromatic carbocycles. The monoisotopic (exact) mass is 569 g/mol. The lowest BCUT2D eigenvalue weighted by Gasteiger charge is -2.05. The second-order valence-corrected chi connectivity index (χ2v) is 9.53. The third-order valence-corrected chi connectivity index (χ3v) is 6.86. The van der Waals surface area contributed by atoms with Crippen LogP contribution in [-0.4, -0.2) is 30.5 Å². The molecule has 0 aliphatic heterocycles. The lowest BCUT2D eigenvalue weighted by molar-refractivity contribution is -0.120. The van der Waals surface area contributed by atoms with Crippen LogP contribution in [0.4, 0.5) is 0 Å². The Morgan fingerprint density at radius 3 is 2.54 bits per heavy atom. The van der Waals surface area contributed by atoms with Crippen LogP contribution < -0.4 is 15.5 Å². The van der Waals surface area contributed by atoms with Gasteiger partial charge in [0.15, 0.2) is 0 Å². The summed E-state index contributed by atoms with van der Waals surface area (Å²) in [5, 5.41) is 7.59. The number of fused-ring (bicyclic) bond motifs is 1. The van der Waals surface area contributed by atoms with Crippen LogP contribution in [0, 0.1) is 0 Å². The zero-order valence-corrected chi connectivity index (χ0v) is 21.1. The van der Waals surface area contributed by atoms with Gasteiger partial charge < -0.3 is 10.1 Å². The molecule has 0 radical (unpaired) electrons. The SMILES string of the molecule is O=C(CNC(=O)c1cccc(Br)c1)N/N=C\c1ccc(OC(=O)c2sc3ccccc3c2Cl)cc1. The predicted octanol–water partition coefficient (Wildman–Crippen LogP) is 5.42. The van der Waals surface area contributed by atoms with Gasteiger partial charge in [0.2, 0.25) is 0 Å². The Hall–Kier alpha value is -3.53. The topological polar surface area (TPSA) is 96.9 Å². The first kappa shape index (κ1) is 24.6. The first-order chi connectivity index (χ1) is 16.9. The van der Waals surface area contributed by atoms with E-state index in [1.54, 1.807) is 48.5 Å². The average Bonchev–Trinajstić information content (AvgIpc) is 3.20. The second-order valence-electron chi connectivity index (χ2n) is 7.19. The molecule has 176 valence electrons. The highest BCUT2D eigenvalue weighted by Gasteiger charge is 2.18. The summed E-state index contributed by atoms with van der Waals surface area (Å²) in [6.07, 6.45) is 1.43. The van der Waals surface area contributed by atoms with E-state index in [1.165, 1.54) is 17.6 Å². The predicted molar refractivity (Wildman–Crippen MR) is 140 cm³/mol. The van der Waals surface area contributed by atoms with E-state index in [4.69, 9.17) is 16.3 Å². The van der Waals surface area contributed by atoms with E-state index in [2.05, 4.69) is 31.8 Å². The van der Waals surface area contributed by atoms with Crippen LogP contribution in [0.25, 0.3) is 10.1 Å². The minimum Gasteiger partial charge on any atom is -0.422 e. The number of rotatable bonds is 7. The van der Waals surface area contributed by atoms with E-state index in [0.717, 1.165) is 14.6 Å². The van der Waals surface area contributed by atoms with Crippen LogP contribution in [0.5, 0.6) is 5.75 Å². The van der Waals surface area contributed by atoms with E-state index in [9.17, 15) is 14.4 Å². The highest BCUT2D eigenvalue weighted by Crippen LogP contribution is 2.35. The molecule has 0 saturated carbocycles. The normalized spacial score (nSPS) is 10.9. The van der Waals surface area contributed by atoms with Crippen molar-refractivity contribution in [3.63, 3.8) is 0 Å². The highest BCUT2D eigenvalue weighted by atomic mass is 79.9. The Morgan fingerprint density at radius 1 is 1.03 bits per heavy atom. The maximum atomic E-state index is 12.6. The molecule has 10 heteroatoms. The first-order valence-electron chi connectivity index (χ1n) is 10.3. The minimum absolute atomic E-state index is 0.224. The van der Waals surface area contributed by atoms with Gasteiger partial charge in [-0.1, -0.05) is 51.8 Å². The largest absolute Gasteiger partial charge is 0.422 e. The van der Waals surface area contributed by atoms with Crippen molar-refractivity contribution in [2.45, 2.75) is 0 Å². The van der Waals surface area contributed by atoms with Crippen LogP contribution in [0.3, 0.4) is 0 Å². The molecule has 2 amide bonds. The molecule has 2 N–H and O–H groups in total. The summed E-state index contributed by atoms with van der Waals surface area (Å²) in [5.74, 6) is -1.03. The maximum Gasteiger partial charge on any atom is 0.355 e. The van der Waals surface area contributed by atoms with Crippen molar-refractivity contribution in [2.75, 3.05) is 6.54 Å². The number of hydrogen-bond acceptors (Lipinski definition) is 6. The summed E-state index contributed by atoms with van der Waals surface area (Å²) in [4.78, 5) is 36.9. The Morgan fingerprint density at radius 2 is 1.80 bits per heavy atom.